The predicted molar refractivity (Wildman–Crippen MR) is 72.2 cm³/mol. The molecule has 3 atom stereocenters. The Morgan fingerprint density at radius 1 is 1.37 bits per heavy atom. The second-order valence-electron chi connectivity index (χ2n) is 5.01. The van der Waals surface area contributed by atoms with Crippen LogP contribution in [0.3, 0.4) is 0 Å². The zero-order chi connectivity index (χ0) is 13.7. The molecule has 5 nitrogen and oxygen atoms in total. The number of amides is 1. The number of carboxylic acid groups (broad SMARTS) is 1. The molecule has 0 saturated heterocycles. The zero-order valence-electron chi connectivity index (χ0n) is 10.8. The highest BCUT2D eigenvalue weighted by Gasteiger charge is 2.29. The molecule has 1 aromatic rings. The summed E-state index contributed by atoms with van der Waals surface area (Å²) >= 11 is 0. The SMILES string of the molecule is N[C@H]1CC[C@@H](NC(=O)O)C[C@H]1COc1ccccc1. The Morgan fingerprint density at radius 2 is 2.11 bits per heavy atom. The van der Waals surface area contributed by atoms with Crippen molar-refractivity contribution in [3.8, 4) is 5.75 Å². The largest absolute Gasteiger partial charge is 0.493 e. The molecule has 2 rings (SSSR count). The van der Waals surface area contributed by atoms with E-state index < -0.39 is 6.09 Å². The van der Waals surface area contributed by atoms with Crippen molar-refractivity contribution in [1.29, 1.82) is 0 Å². The molecule has 1 aliphatic rings. The van der Waals surface area contributed by atoms with Crippen molar-refractivity contribution in [3.63, 3.8) is 0 Å². The number of ether oxygens (including phenoxy) is 1. The van der Waals surface area contributed by atoms with E-state index in [0.717, 1.165) is 25.0 Å². The van der Waals surface area contributed by atoms with Gasteiger partial charge in [0.2, 0.25) is 0 Å². The number of para-hydroxylation sites is 1. The standard InChI is InChI=1S/C14H20N2O3/c15-13-7-6-11(16-14(17)18)8-10(13)9-19-12-4-2-1-3-5-12/h1-5,10-11,13,16H,6-9,15H2,(H,17,18)/t10-,11+,13-/m0/s1. The Hall–Kier alpha value is -1.75. The van der Waals surface area contributed by atoms with Gasteiger partial charge in [0.15, 0.2) is 0 Å². The number of benzene rings is 1. The molecule has 0 unspecified atom stereocenters. The summed E-state index contributed by atoms with van der Waals surface area (Å²) in [6.07, 6.45) is 1.40. The number of hydrogen-bond donors (Lipinski definition) is 3. The smallest absolute Gasteiger partial charge is 0.404 e. The van der Waals surface area contributed by atoms with Crippen molar-refractivity contribution in [2.75, 3.05) is 6.61 Å². The quantitative estimate of drug-likeness (QED) is 0.774. The first-order chi connectivity index (χ1) is 9.15. The predicted octanol–water partition coefficient (Wildman–Crippen LogP) is 1.83. The van der Waals surface area contributed by atoms with Crippen LogP contribution in [0.15, 0.2) is 30.3 Å². The Balaban J connectivity index is 1.85. The molecule has 0 bridgehead atoms. The minimum atomic E-state index is -0.969. The lowest BCUT2D eigenvalue weighted by Crippen LogP contribution is -2.46. The van der Waals surface area contributed by atoms with Crippen LogP contribution in [0.2, 0.25) is 0 Å². The van der Waals surface area contributed by atoms with E-state index in [4.69, 9.17) is 15.6 Å². The summed E-state index contributed by atoms with van der Waals surface area (Å²) in [5.41, 5.74) is 6.08. The molecule has 0 aromatic heterocycles. The summed E-state index contributed by atoms with van der Waals surface area (Å²) in [6, 6.07) is 9.65. The van der Waals surface area contributed by atoms with Gasteiger partial charge in [0.05, 0.1) is 6.61 Å². The molecule has 1 aromatic carbocycles. The van der Waals surface area contributed by atoms with Crippen LogP contribution in [0, 0.1) is 5.92 Å². The minimum Gasteiger partial charge on any atom is -0.493 e. The molecule has 4 N–H and O–H groups in total. The number of nitrogens with one attached hydrogen (secondary N) is 1. The van der Waals surface area contributed by atoms with Gasteiger partial charge in [-0.1, -0.05) is 18.2 Å². The van der Waals surface area contributed by atoms with Crippen molar-refractivity contribution in [1.82, 2.24) is 5.32 Å². The van der Waals surface area contributed by atoms with E-state index in [1.165, 1.54) is 0 Å². The van der Waals surface area contributed by atoms with Gasteiger partial charge < -0.3 is 20.9 Å². The Kier molecular flexibility index (Phi) is 4.63. The van der Waals surface area contributed by atoms with E-state index in [-0.39, 0.29) is 18.0 Å². The van der Waals surface area contributed by atoms with Gasteiger partial charge in [-0.25, -0.2) is 4.79 Å². The van der Waals surface area contributed by atoms with Crippen LogP contribution in [0.1, 0.15) is 19.3 Å². The summed E-state index contributed by atoms with van der Waals surface area (Å²) in [4.78, 5) is 10.7. The maximum atomic E-state index is 10.7. The van der Waals surface area contributed by atoms with E-state index in [2.05, 4.69) is 5.32 Å². The van der Waals surface area contributed by atoms with Crippen LogP contribution < -0.4 is 15.8 Å². The van der Waals surface area contributed by atoms with E-state index in [1.54, 1.807) is 0 Å². The van der Waals surface area contributed by atoms with E-state index in [0.29, 0.717) is 6.61 Å². The normalized spacial score (nSPS) is 26.7. The summed E-state index contributed by atoms with van der Waals surface area (Å²) in [5, 5.41) is 11.3. The number of hydrogen-bond acceptors (Lipinski definition) is 3. The molecule has 0 spiro atoms. The lowest BCUT2D eigenvalue weighted by Gasteiger charge is -2.33. The van der Waals surface area contributed by atoms with E-state index in [1.807, 2.05) is 30.3 Å². The van der Waals surface area contributed by atoms with Gasteiger partial charge in [-0.2, -0.15) is 0 Å². The Labute approximate surface area is 112 Å². The third kappa shape index (κ3) is 4.13. The summed E-state index contributed by atoms with van der Waals surface area (Å²) in [5.74, 6) is 1.01. The van der Waals surface area contributed by atoms with Gasteiger partial charge in [-0.15, -0.1) is 0 Å². The molecule has 1 aliphatic carbocycles. The lowest BCUT2D eigenvalue weighted by molar-refractivity contribution is 0.153. The van der Waals surface area contributed by atoms with Gasteiger partial charge in [0.1, 0.15) is 5.75 Å². The van der Waals surface area contributed by atoms with Crippen molar-refractivity contribution in [2.24, 2.45) is 11.7 Å². The molecule has 1 saturated carbocycles. The third-order valence-corrected chi connectivity index (χ3v) is 3.58. The molecule has 0 aliphatic heterocycles. The molecule has 1 amide bonds. The van der Waals surface area contributed by atoms with Gasteiger partial charge in [-0.3, -0.25) is 0 Å². The fourth-order valence-corrected chi connectivity index (χ4v) is 2.50. The zero-order valence-corrected chi connectivity index (χ0v) is 10.8. The molecular formula is C14H20N2O3. The highest BCUT2D eigenvalue weighted by Crippen LogP contribution is 2.24. The second-order valence-corrected chi connectivity index (χ2v) is 5.01. The van der Waals surface area contributed by atoms with Crippen molar-refractivity contribution >= 4 is 6.09 Å². The maximum Gasteiger partial charge on any atom is 0.404 e. The molecule has 5 heteroatoms. The molecular weight excluding hydrogens is 244 g/mol. The van der Waals surface area contributed by atoms with Crippen molar-refractivity contribution in [3.05, 3.63) is 30.3 Å². The third-order valence-electron chi connectivity index (χ3n) is 3.58. The highest BCUT2D eigenvalue weighted by atomic mass is 16.5. The maximum absolute atomic E-state index is 10.7. The molecule has 0 radical (unpaired) electrons. The summed E-state index contributed by atoms with van der Waals surface area (Å²) in [7, 11) is 0. The van der Waals surface area contributed by atoms with Crippen LogP contribution in [0.5, 0.6) is 5.75 Å². The average Bonchev–Trinajstić information content (AvgIpc) is 2.40. The Bertz CT molecular complexity index is 410. The fourth-order valence-electron chi connectivity index (χ4n) is 2.50. The minimum absolute atomic E-state index is 0.0123. The van der Waals surface area contributed by atoms with Gasteiger partial charge in [-0.05, 0) is 31.4 Å². The average molecular weight is 264 g/mol. The van der Waals surface area contributed by atoms with Crippen LogP contribution in [-0.2, 0) is 0 Å². The first-order valence-corrected chi connectivity index (χ1v) is 6.58. The van der Waals surface area contributed by atoms with E-state index in [9.17, 15) is 4.79 Å². The monoisotopic (exact) mass is 264 g/mol. The van der Waals surface area contributed by atoms with Crippen molar-refractivity contribution < 1.29 is 14.6 Å². The fraction of sp³-hybridized carbons (Fsp3) is 0.500. The number of carbonyl (C=O) groups is 1. The summed E-state index contributed by atoms with van der Waals surface area (Å²) in [6.45, 7) is 0.531. The first-order valence-electron chi connectivity index (χ1n) is 6.58. The van der Waals surface area contributed by atoms with Gasteiger partial charge in [0, 0.05) is 18.0 Å². The molecule has 1 fully saturated rings. The topological polar surface area (TPSA) is 84.6 Å². The number of nitrogens with two attached hydrogens (primary N) is 1. The van der Waals surface area contributed by atoms with Gasteiger partial charge in [0.25, 0.3) is 0 Å². The summed E-state index contributed by atoms with van der Waals surface area (Å²) < 4.78 is 5.71. The molecule has 104 valence electrons. The van der Waals surface area contributed by atoms with Gasteiger partial charge >= 0.3 is 6.09 Å². The first kappa shape index (κ1) is 13.7. The van der Waals surface area contributed by atoms with Crippen LogP contribution in [-0.4, -0.2) is 29.9 Å². The molecule has 0 heterocycles. The van der Waals surface area contributed by atoms with Crippen LogP contribution in [0.4, 0.5) is 4.79 Å². The highest BCUT2D eigenvalue weighted by molar-refractivity contribution is 5.64. The second kappa shape index (κ2) is 6.43. The van der Waals surface area contributed by atoms with Crippen LogP contribution in [0.25, 0.3) is 0 Å². The molecule has 19 heavy (non-hydrogen) atoms. The van der Waals surface area contributed by atoms with E-state index >= 15 is 0 Å². The van der Waals surface area contributed by atoms with Crippen LogP contribution >= 0.6 is 0 Å². The van der Waals surface area contributed by atoms with Crippen molar-refractivity contribution in [2.45, 2.75) is 31.3 Å². The Morgan fingerprint density at radius 3 is 2.79 bits per heavy atom. The lowest BCUT2D eigenvalue weighted by atomic mass is 9.82. The number of rotatable bonds is 4.